The van der Waals surface area contributed by atoms with E-state index in [0.29, 0.717) is 12.0 Å². The van der Waals surface area contributed by atoms with Crippen LogP contribution < -0.4 is 5.32 Å². The van der Waals surface area contributed by atoms with Crippen molar-refractivity contribution in [3.8, 4) is 0 Å². The second kappa shape index (κ2) is 6.19. The van der Waals surface area contributed by atoms with Crippen molar-refractivity contribution in [1.29, 1.82) is 0 Å². The minimum atomic E-state index is 0.378. The molecule has 2 nitrogen and oxygen atoms in total. The zero-order chi connectivity index (χ0) is 12.3. The molecule has 0 radical (unpaired) electrons. The lowest BCUT2D eigenvalue weighted by atomic mass is 10.0. The van der Waals surface area contributed by atoms with E-state index in [1.54, 1.807) is 0 Å². The molecule has 0 spiro atoms. The van der Waals surface area contributed by atoms with Crippen LogP contribution in [0.3, 0.4) is 0 Å². The summed E-state index contributed by atoms with van der Waals surface area (Å²) in [6.07, 6.45) is 1.53. The summed E-state index contributed by atoms with van der Waals surface area (Å²) >= 11 is 9.56. The molecule has 1 aliphatic rings. The van der Waals surface area contributed by atoms with Gasteiger partial charge in [0.25, 0.3) is 0 Å². The second-order valence-corrected chi connectivity index (χ2v) is 5.81. The largest absolute Gasteiger partial charge is 0.378 e. The number of ether oxygens (including phenoxy) is 1. The van der Waals surface area contributed by atoms with Gasteiger partial charge in [-0.3, -0.25) is 0 Å². The van der Waals surface area contributed by atoms with Gasteiger partial charge in [-0.2, -0.15) is 0 Å². The monoisotopic (exact) mass is 317 g/mol. The molecule has 94 valence electrons. The van der Waals surface area contributed by atoms with Crippen LogP contribution in [0.5, 0.6) is 0 Å². The number of rotatable bonds is 4. The minimum absolute atomic E-state index is 0.378. The number of hydrogen-bond donors (Lipinski definition) is 1. The van der Waals surface area contributed by atoms with E-state index in [2.05, 4.69) is 28.2 Å². The van der Waals surface area contributed by atoms with Gasteiger partial charge in [0.05, 0.1) is 6.10 Å². The molecule has 1 aliphatic heterocycles. The summed E-state index contributed by atoms with van der Waals surface area (Å²) in [5.74, 6) is 0.629. The van der Waals surface area contributed by atoms with E-state index < -0.39 is 0 Å². The van der Waals surface area contributed by atoms with E-state index in [-0.39, 0.29) is 0 Å². The molecule has 1 aromatic carbocycles. The number of nitrogens with one attached hydrogen (secondary N) is 1. The highest BCUT2D eigenvalue weighted by molar-refractivity contribution is 9.10. The lowest BCUT2D eigenvalue weighted by molar-refractivity contribution is 0.105. The maximum Gasteiger partial charge on any atom is 0.0588 e. The van der Waals surface area contributed by atoms with Gasteiger partial charge in [0.1, 0.15) is 0 Å². The fourth-order valence-electron chi connectivity index (χ4n) is 2.10. The van der Waals surface area contributed by atoms with Gasteiger partial charge in [0.15, 0.2) is 0 Å². The highest BCUT2D eigenvalue weighted by atomic mass is 79.9. The van der Waals surface area contributed by atoms with Gasteiger partial charge in [0.2, 0.25) is 0 Å². The van der Waals surface area contributed by atoms with Gasteiger partial charge in [0, 0.05) is 29.2 Å². The van der Waals surface area contributed by atoms with Crippen LogP contribution in [-0.4, -0.2) is 19.3 Å². The molecule has 0 aliphatic carbocycles. The second-order valence-electron chi connectivity index (χ2n) is 4.49. The molecular formula is C13H17BrClNO. The summed E-state index contributed by atoms with van der Waals surface area (Å²) in [5, 5.41) is 4.26. The van der Waals surface area contributed by atoms with Gasteiger partial charge in [-0.05, 0) is 37.0 Å². The standard InChI is InChI=1S/C13H17BrClNO/c1-9-10(4-5-17-9)7-16-8-11-2-3-12(14)6-13(11)15/h2-3,6,9-10,16H,4-5,7-8H2,1H3. The van der Waals surface area contributed by atoms with Gasteiger partial charge in [-0.25, -0.2) is 0 Å². The van der Waals surface area contributed by atoms with Crippen LogP contribution in [-0.2, 0) is 11.3 Å². The van der Waals surface area contributed by atoms with Crippen LogP contribution in [0.2, 0.25) is 5.02 Å². The molecule has 1 N–H and O–H groups in total. The molecule has 17 heavy (non-hydrogen) atoms. The van der Waals surface area contributed by atoms with E-state index in [9.17, 15) is 0 Å². The van der Waals surface area contributed by atoms with Gasteiger partial charge >= 0.3 is 0 Å². The Balaban J connectivity index is 1.81. The summed E-state index contributed by atoms with van der Waals surface area (Å²) in [6, 6.07) is 6.00. The molecule has 4 heteroatoms. The predicted molar refractivity (Wildman–Crippen MR) is 74.4 cm³/mol. The first-order valence-corrected chi connectivity index (χ1v) is 7.10. The fraction of sp³-hybridized carbons (Fsp3) is 0.538. The molecule has 1 aromatic rings. The van der Waals surface area contributed by atoms with Crippen LogP contribution in [0.25, 0.3) is 0 Å². The quantitative estimate of drug-likeness (QED) is 0.915. The molecule has 0 bridgehead atoms. The van der Waals surface area contributed by atoms with Crippen molar-refractivity contribution in [3.63, 3.8) is 0 Å². The van der Waals surface area contributed by atoms with Crippen molar-refractivity contribution in [2.45, 2.75) is 26.0 Å². The predicted octanol–water partition coefficient (Wildman–Crippen LogP) is 3.62. The SMILES string of the molecule is CC1OCCC1CNCc1ccc(Br)cc1Cl. The van der Waals surface area contributed by atoms with Crippen LogP contribution in [0.1, 0.15) is 18.9 Å². The van der Waals surface area contributed by atoms with Gasteiger partial charge < -0.3 is 10.1 Å². The summed E-state index contributed by atoms with van der Waals surface area (Å²) in [4.78, 5) is 0. The molecule has 1 heterocycles. The van der Waals surface area contributed by atoms with E-state index in [0.717, 1.165) is 41.2 Å². The van der Waals surface area contributed by atoms with Crippen LogP contribution in [0.15, 0.2) is 22.7 Å². The van der Waals surface area contributed by atoms with E-state index in [4.69, 9.17) is 16.3 Å². The normalized spacial score (nSPS) is 24.2. The Labute approximate surface area is 116 Å². The molecule has 2 unspecified atom stereocenters. The maximum atomic E-state index is 6.16. The van der Waals surface area contributed by atoms with Crippen molar-refractivity contribution in [2.24, 2.45) is 5.92 Å². The minimum Gasteiger partial charge on any atom is -0.378 e. The van der Waals surface area contributed by atoms with E-state index in [1.165, 1.54) is 0 Å². The Morgan fingerprint density at radius 1 is 1.53 bits per heavy atom. The molecule has 0 saturated carbocycles. The molecule has 2 atom stereocenters. The lowest BCUT2D eigenvalue weighted by Crippen LogP contribution is -2.26. The third-order valence-electron chi connectivity index (χ3n) is 3.27. The molecular weight excluding hydrogens is 302 g/mol. The van der Waals surface area contributed by atoms with Crippen LogP contribution >= 0.6 is 27.5 Å². The third-order valence-corrected chi connectivity index (χ3v) is 4.12. The topological polar surface area (TPSA) is 21.3 Å². The third kappa shape index (κ3) is 3.68. The Hall–Kier alpha value is -0.0900. The molecule has 0 amide bonds. The van der Waals surface area contributed by atoms with Gasteiger partial charge in [-0.15, -0.1) is 0 Å². The molecule has 0 aromatic heterocycles. The summed E-state index contributed by atoms with van der Waals surface area (Å²) in [6.45, 7) is 4.85. The summed E-state index contributed by atoms with van der Waals surface area (Å²) in [5.41, 5.74) is 1.14. The maximum absolute atomic E-state index is 6.16. The fourth-order valence-corrected chi connectivity index (χ4v) is 2.84. The van der Waals surface area contributed by atoms with E-state index in [1.807, 2.05) is 18.2 Å². The zero-order valence-electron chi connectivity index (χ0n) is 9.88. The van der Waals surface area contributed by atoms with Crippen molar-refractivity contribution in [3.05, 3.63) is 33.3 Å². The van der Waals surface area contributed by atoms with Crippen molar-refractivity contribution in [1.82, 2.24) is 5.32 Å². The molecule has 2 rings (SSSR count). The Morgan fingerprint density at radius 2 is 2.35 bits per heavy atom. The van der Waals surface area contributed by atoms with Crippen LogP contribution in [0.4, 0.5) is 0 Å². The number of hydrogen-bond acceptors (Lipinski definition) is 2. The molecule has 1 fully saturated rings. The first-order valence-electron chi connectivity index (χ1n) is 5.93. The van der Waals surface area contributed by atoms with Crippen LogP contribution in [0, 0.1) is 5.92 Å². The van der Waals surface area contributed by atoms with Crippen molar-refractivity contribution < 1.29 is 4.74 Å². The first kappa shape index (κ1) is 13.3. The Kier molecular flexibility index (Phi) is 4.86. The van der Waals surface area contributed by atoms with Crippen molar-refractivity contribution >= 4 is 27.5 Å². The average molecular weight is 319 g/mol. The first-order chi connectivity index (χ1) is 8.16. The molecule has 1 saturated heterocycles. The average Bonchev–Trinajstić information content (AvgIpc) is 2.68. The lowest BCUT2D eigenvalue weighted by Gasteiger charge is -2.15. The zero-order valence-corrected chi connectivity index (χ0v) is 12.2. The summed E-state index contributed by atoms with van der Waals surface area (Å²) in [7, 11) is 0. The Bertz CT molecular complexity index is 386. The number of halogens is 2. The van der Waals surface area contributed by atoms with E-state index >= 15 is 0 Å². The Morgan fingerprint density at radius 3 is 3.00 bits per heavy atom. The summed E-state index contributed by atoms with van der Waals surface area (Å²) < 4.78 is 6.55. The number of benzene rings is 1. The highest BCUT2D eigenvalue weighted by Crippen LogP contribution is 2.22. The smallest absolute Gasteiger partial charge is 0.0588 e. The van der Waals surface area contributed by atoms with Crippen molar-refractivity contribution in [2.75, 3.05) is 13.2 Å². The van der Waals surface area contributed by atoms with Gasteiger partial charge in [-0.1, -0.05) is 33.6 Å². The highest BCUT2D eigenvalue weighted by Gasteiger charge is 2.23.